The Morgan fingerprint density at radius 2 is 1.97 bits per heavy atom. The molecule has 162 valence electrons. The number of hydrogen-bond donors (Lipinski definition) is 2. The average Bonchev–Trinajstić information content (AvgIpc) is 2.72. The van der Waals surface area contributed by atoms with Crippen molar-refractivity contribution in [2.75, 3.05) is 27.3 Å². The van der Waals surface area contributed by atoms with Crippen LogP contribution in [-0.4, -0.2) is 44.3 Å². The number of nitrogens with zero attached hydrogens (tertiary/aromatic N) is 1. The zero-order valence-electron chi connectivity index (χ0n) is 18.0. The molecule has 2 atom stereocenters. The largest absolute Gasteiger partial charge is 0.493 e. The van der Waals surface area contributed by atoms with Gasteiger partial charge in [0.25, 0.3) is 0 Å². The van der Waals surface area contributed by atoms with Crippen molar-refractivity contribution in [1.29, 1.82) is 0 Å². The minimum atomic E-state index is -0.249. The fourth-order valence-electron chi connectivity index (χ4n) is 4.16. The molecule has 6 nitrogen and oxygen atoms in total. The average molecular weight is 416 g/mol. The molecule has 0 radical (unpaired) electrons. The summed E-state index contributed by atoms with van der Waals surface area (Å²) in [5.74, 6) is 1.10. The first kappa shape index (κ1) is 21.9. The maximum Gasteiger partial charge on any atom is 0.315 e. The molecule has 2 N–H and O–H groups in total. The van der Waals surface area contributed by atoms with Gasteiger partial charge in [-0.3, -0.25) is 4.90 Å². The number of nitrogens with one attached hydrogen (secondary N) is 2. The van der Waals surface area contributed by atoms with Crippen LogP contribution in [0.3, 0.4) is 0 Å². The molecule has 0 unspecified atom stereocenters. The van der Waals surface area contributed by atoms with Crippen molar-refractivity contribution in [2.24, 2.45) is 0 Å². The molecule has 3 rings (SSSR count). The fraction of sp³-hybridized carbons (Fsp3) is 0.435. The van der Waals surface area contributed by atoms with Crippen LogP contribution >= 0.6 is 0 Å². The van der Waals surface area contributed by atoms with Crippen LogP contribution in [0.25, 0.3) is 0 Å². The summed E-state index contributed by atoms with van der Waals surface area (Å²) < 4.78 is 24.7. The van der Waals surface area contributed by atoms with Crippen LogP contribution in [0.1, 0.15) is 36.6 Å². The second-order valence-electron chi connectivity index (χ2n) is 7.49. The quantitative estimate of drug-likeness (QED) is 0.725. The van der Waals surface area contributed by atoms with Gasteiger partial charge >= 0.3 is 6.03 Å². The minimum absolute atomic E-state index is 0.0978. The normalized spacial score (nSPS) is 17.0. The standard InChI is InChI=1S/C23H30FN3O3/c1-5-25-23(28)26-15(2)22-19-13-21(30-4)20(29-3)12-17(19)9-10-27(22)14-16-7-6-8-18(24)11-16/h6-8,11-13,15,22H,5,9-10,14H2,1-4H3,(H2,25,26,28)/t15-,22-/m0/s1. The van der Waals surface area contributed by atoms with Gasteiger partial charge in [-0.2, -0.15) is 0 Å². The summed E-state index contributed by atoms with van der Waals surface area (Å²) in [6.07, 6.45) is 0.829. The van der Waals surface area contributed by atoms with E-state index in [2.05, 4.69) is 15.5 Å². The number of hydrogen-bond acceptors (Lipinski definition) is 4. The molecule has 0 aliphatic carbocycles. The van der Waals surface area contributed by atoms with Crippen LogP contribution in [0.4, 0.5) is 9.18 Å². The lowest BCUT2D eigenvalue weighted by molar-refractivity contribution is 0.143. The molecule has 2 aromatic rings. The Bertz CT molecular complexity index is 890. The van der Waals surface area contributed by atoms with Crippen LogP contribution in [0.15, 0.2) is 36.4 Å². The smallest absolute Gasteiger partial charge is 0.315 e. The molecular formula is C23H30FN3O3. The third kappa shape index (κ3) is 4.84. The first-order valence-corrected chi connectivity index (χ1v) is 10.2. The molecular weight excluding hydrogens is 385 g/mol. The van der Waals surface area contributed by atoms with Crippen molar-refractivity contribution in [1.82, 2.24) is 15.5 Å². The molecule has 0 saturated carbocycles. The van der Waals surface area contributed by atoms with Gasteiger partial charge in [-0.25, -0.2) is 9.18 Å². The Balaban J connectivity index is 1.97. The molecule has 2 amide bonds. The second-order valence-corrected chi connectivity index (χ2v) is 7.49. The Morgan fingerprint density at radius 3 is 2.63 bits per heavy atom. The van der Waals surface area contributed by atoms with E-state index < -0.39 is 0 Å². The number of benzene rings is 2. The predicted octanol–water partition coefficient (Wildman–Crippen LogP) is 3.65. The van der Waals surface area contributed by atoms with Gasteiger partial charge in [0, 0.05) is 25.7 Å². The lowest BCUT2D eigenvalue weighted by atomic mass is 9.87. The molecule has 0 spiro atoms. The summed E-state index contributed by atoms with van der Waals surface area (Å²) >= 11 is 0. The van der Waals surface area contributed by atoms with Crippen LogP contribution in [-0.2, 0) is 13.0 Å². The van der Waals surface area contributed by atoms with Crippen LogP contribution in [0.2, 0.25) is 0 Å². The topological polar surface area (TPSA) is 62.8 Å². The van der Waals surface area contributed by atoms with E-state index in [0.29, 0.717) is 24.6 Å². The highest BCUT2D eigenvalue weighted by molar-refractivity contribution is 5.74. The predicted molar refractivity (Wildman–Crippen MR) is 114 cm³/mol. The number of carbonyl (C=O) groups excluding carboxylic acids is 1. The fourth-order valence-corrected chi connectivity index (χ4v) is 4.16. The van der Waals surface area contributed by atoms with Crippen molar-refractivity contribution >= 4 is 6.03 Å². The molecule has 1 aliphatic rings. The molecule has 7 heteroatoms. The highest BCUT2D eigenvalue weighted by Gasteiger charge is 2.33. The SMILES string of the molecule is CCNC(=O)N[C@@H](C)[C@H]1c2cc(OC)c(OC)cc2CCN1Cc1cccc(F)c1. The van der Waals surface area contributed by atoms with Gasteiger partial charge in [0.15, 0.2) is 11.5 Å². The van der Waals surface area contributed by atoms with E-state index in [9.17, 15) is 9.18 Å². The number of rotatable bonds is 7. The van der Waals surface area contributed by atoms with Crippen molar-refractivity contribution in [2.45, 2.75) is 38.9 Å². The lowest BCUT2D eigenvalue weighted by Crippen LogP contribution is -2.49. The monoisotopic (exact) mass is 415 g/mol. The number of carbonyl (C=O) groups is 1. The van der Waals surface area contributed by atoms with E-state index in [4.69, 9.17) is 9.47 Å². The first-order valence-electron chi connectivity index (χ1n) is 10.2. The minimum Gasteiger partial charge on any atom is -0.493 e. The number of amides is 2. The van der Waals surface area contributed by atoms with Gasteiger partial charge in [-0.15, -0.1) is 0 Å². The molecule has 2 aromatic carbocycles. The van der Waals surface area contributed by atoms with E-state index in [1.54, 1.807) is 26.4 Å². The summed E-state index contributed by atoms with van der Waals surface area (Å²) in [6, 6.07) is 10.2. The van der Waals surface area contributed by atoms with E-state index >= 15 is 0 Å². The molecule has 1 aliphatic heterocycles. The maximum absolute atomic E-state index is 13.7. The summed E-state index contributed by atoms with van der Waals surface area (Å²) in [7, 11) is 3.24. The highest BCUT2D eigenvalue weighted by atomic mass is 19.1. The van der Waals surface area contributed by atoms with Gasteiger partial charge < -0.3 is 20.1 Å². The number of methoxy groups -OCH3 is 2. The summed E-state index contributed by atoms with van der Waals surface area (Å²) in [5.41, 5.74) is 3.14. The molecule has 0 fully saturated rings. The van der Waals surface area contributed by atoms with Crippen LogP contribution in [0.5, 0.6) is 11.5 Å². The molecule has 0 aromatic heterocycles. The zero-order valence-corrected chi connectivity index (χ0v) is 18.0. The van der Waals surface area contributed by atoms with Gasteiger partial charge in [0.05, 0.1) is 20.3 Å². The van der Waals surface area contributed by atoms with Crippen molar-refractivity contribution in [3.8, 4) is 11.5 Å². The van der Waals surface area contributed by atoms with E-state index in [-0.39, 0.29) is 23.9 Å². The van der Waals surface area contributed by atoms with Crippen molar-refractivity contribution in [3.05, 3.63) is 58.9 Å². The Morgan fingerprint density at radius 1 is 1.23 bits per heavy atom. The number of fused-ring (bicyclic) bond motifs is 1. The zero-order chi connectivity index (χ0) is 21.7. The maximum atomic E-state index is 13.7. The molecule has 30 heavy (non-hydrogen) atoms. The molecule has 0 saturated heterocycles. The molecule has 1 heterocycles. The molecule has 0 bridgehead atoms. The first-order chi connectivity index (χ1) is 14.5. The van der Waals surface area contributed by atoms with Crippen LogP contribution < -0.4 is 20.1 Å². The Kier molecular flexibility index (Phi) is 7.15. The highest BCUT2D eigenvalue weighted by Crippen LogP contribution is 2.40. The second kappa shape index (κ2) is 9.80. The Hall–Kier alpha value is -2.80. The van der Waals surface area contributed by atoms with Crippen molar-refractivity contribution < 1.29 is 18.7 Å². The van der Waals surface area contributed by atoms with E-state index in [0.717, 1.165) is 29.7 Å². The summed E-state index contributed by atoms with van der Waals surface area (Å²) in [5, 5.41) is 5.84. The summed E-state index contributed by atoms with van der Waals surface area (Å²) in [6.45, 7) is 5.79. The summed E-state index contributed by atoms with van der Waals surface area (Å²) in [4.78, 5) is 14.5. The van der Waals surface area contributed by atoms with Crippen molar-refractivity contribution in [3.63, 3.8) is 0 Å². The van der Waals surface area contributed by atoms with Crippen LogP contribution in [0, 0.1) is 5.82 Å². The van der Waals surface area contributed by atoms with E-state index in [1.165, 1.54) is 6.07 Å². The number of ether oxygens (including phenoxy) is 2. The van der Waals surface area contributed by atoms with E-state index in [1.807, 2.05) is 32.0 Å². The van der Waals surface area contributed by atoms with Gasteiger partial charge in [-0.1, -0.05) is 12.1 Å². The van der Waals surface area contributed by atoms with Gasteiger partial charge in [0.1, 0.15) is 5.82 Å². The third-order valence-corrected chi connectivity index (χ3v) is 5.47. The van der Waals surface area contributed by atoms with Gasteiger partial charge in [-0.05, 0) is 61.2 Å². The number of halogens is 1. The Labute approximate surface area is 177 Å². The lowest BCUT2D eigenvalue weighted by Gasteiger charge is -2.41. The number of urea groups is 1. The third-order valence-electron chi connectivity index (χ3n) is 5.47. The van der Waals surface area contributed by atoms with Gasteiger partial charge in [0.2, 0.25) is 0 Å².